The molecular weight excluding hydrogens is 710 g/mol. The third-order valence-corrected chi connectivity index (χ3v) is 10.7. The fourth-order valence-corrected chi connectivity index (χ4v) is 7.84. The lowest BCUT2D eigenvalue weighted by molar-refractivity contribution is -0.123. The molecular formula is C37H44FN4O8PS. The number of hydrogen-bond acceptors (Lipinski definition) is 7. The van der Waals surface area contributed by atoms with Crippen LogP contribution in [0.5, 0.6) is 0 Å². The number of halogens is 1. The van der Waals surface area contributed by atoms with Gasteiger partial charge in [0.05, 0.1) is 12.2 Å². The van der Waals surface area contributed by atoms with Gasteiger partial charge in [-0.05, 0) is 97.3 Å². The highest BCUT2D eigenvalue weighted by molar-refractivity contribution is 7.46. The smallest absolute Gasteiger partial charge is 0.396 e. The topological polar surface area (TPSA) is 190 Å². The van der Waals surface area contributed by atoms with Gasteiger partial charge >= 0.3 is 7.82 Å². The Morgan fingerprint density at radius 1 is 1.12 bits per heavy atom. The van der Waals surface area contributed by atoms with Crippen LogP contribution < -0.4 is 16.0 Å². The molecule has 3 heterocycles. The summed E-state index contributed by atoms with van der Waals surface area (Å²) in [5.74, 6) is -1.61. The molecule has 1 aliphatic rings. The van der Waals surface area contributed by atoms with Crippen LogP contribution in [-0.2, 0) is 36.3 Å². The van der Waals surface area contributed by atoms with E-state index in [9.17, 15) is 28.4 Å². The lowest BCUT2D eigenvalue weighted by Gasteiger charge is -2.19. The zero-order valence-electron chi connectivity index (χ0n) is 29.0. The molecule has 1 aliphatic heterocycles. The van der Waals surface area contributed by atoms with Gasteiger partial charge in [0.25, 0.3) is 5.91 Å². The highest BCUT2D eigenvalue weighted by Crippen LogP contribution is 2.37. The number of rotatable bonds is 18. The number of aliphatic hydroxyl groups is 1. The third kappa shape index (κ3) is 10.5. The summed E-state index contributed by atoms with van der Waals surface area (Å²) in [5, 5.41) is 21.4. The number of amides is 3. The summed E-state index contributed by atoms with van der Waals surface area (Å²) in [4.78, 5) is 60.2. The fourth-order valence-electron chi connectivity index (χ4n) is 6.46. The summed E-state index contributed by atoms with van der Waals surface area (Å²) >= 11 is 1.61. The molecule has 2 atom stereocenters. The first-order chi connectivity index (χ1) is 24.8. The number of hydrogen-bond donors (Lipinski definition) is 7. The standard InChI is InChI=1S/C37H44FN4O8PS/c1-22-28(23(2)40-33(22)18-31-30-16-26(38)10-12-32(30)42-37(31)46)11-13-35(44)41-27(15-25-21-52-34-9-4-3-8-29(25)34)17-36(45)39-14-6-5-7-24(19-43)20-50-51(47,48)49/h3-4,8-10,12,16,18,21,24,27,40,43H,5-7,11,13-15,17,19-20H2,1-2H3,(H,39,45)(H,41,44)(H,42,46)(H2,47,48,49)/b31-18-/t24?,27-/m1/s1. The van der Waals surface area contributed by atoms with E-state index < -0.39 is 25.6 Å². The number of phosphoric ester groups is 1. The van der Waals surface area contributed by atoms with Crippen LogP contribution in [0.25, 0.3) is 21.7 Å². The summed E-state index contributed by atoms with van der Waals surface area (Å²) in [5.41, 5.74) is 5.82. The van der Waals surface area contributed by atoms with Gasteiger partial charge in [0.1, 0.15) is 5.82 Å². The average molecular weight is 755 g/mol. The Labute approximate surface area is 305 Å². The fraction of sp³-hybridized carbons (Fsp3) is 0.378. The zero-order valence-corrected chi connectivity index (χ0v) is 30.7. The van der Waals surface area contributed by atoms with Crippen LogP contribution in [0, 0.1) is 25.6 Å². The number of nitrogens with one attached hydrogen (secondary N) is 4. The second-order valence-electron chi connectivity index (χ2n) is 13.1. The van der Waals surface area contributed by atoms with E-state index in [2.05, 4.69) is 30.8 Å². The number of fused-ring (bicyclic) bond motifs is 2. The number of aliphatic hydroxyl groups excluding tert-OH is 1. The van der Waals surface area contributed by atoms with E-state index in [0.717, 1.165) is 32.5 Å². The Hall–Kier alpha value is -4.17. The van der Waals surface area contributed by atoms with E-state index in [0.29, 0.717) is 61.2 Å². The van der Waals surface area contributed by atoms with Crippen LogP contribution in [0.1, 0.15) is 65.7 Å². The first kappa shape index (κ1) is 39.0. The number of carbonyl (C=O) groups is 3. The maximum absolute atomic E-state index is 14.0. The van der Waals surface area contributed by atoms with Crippen molar-refractivity contribution in [3.8, 4) is 0 Å². The summed E-state index contributed by atoms with van der Waals surface area (Å²) in [6.45, 7) is 3.65. The lowest BCUT2D eigenvalue weighted by atomic mass is 10.0. The van der Waals surface area contributed by atoms with Crippen LogP contribution in [0.3, 0.4) is 0 Å². The molecule has 0 fully saturated rings. The minimum absolute atomic E-state index is 0.0648. The number of aromatic amines is 1. The molecule has 7 N–H and O–H groups in total. The third-order valence-electron chi connectivity index (χ3n) is 9.21. The van der Waals surface area contributed by atoms with Gasteiger partial charge in [-0.3, -0.25) is 18.9 Å². The molecule has 52 heavy (non-hydrogen) atoms. The van der Waals surface area contributed by atoms with Crippen LogP contribution in [0.2, 0.25) is 0 Å². The van der Waals surface area contributed by atoms with Crippen LogP contribution in [0.4, 0.5) is 10.1 Å². The Morgan fingerprint density at radius 3 is 2.67 bits per heavy atom. The van der Waals surface area contributed by atoms with E-state index in [1.165, 1.54) is 18.2 Å². The average Bonchev–Trinajstić information content (AvgIpc) is 3.72. The summed E-state index contributed by atoms with van der Waals surface area (Å²) in [6.07, 6.45) is 4.50. The predicted molar refractivity (Wildman–Crippen MR) is 199 cm³/mol. The lowest BCUT2D eigenvalue weighted by Crippen LogP contribution is -2.40. The highest BCUT2D eigenvalue weighted by atomic mass is 32.1. The van der Waals surface area contributed by atoms with Crippen molar-refractivity contribution in [2.75, 3.05) is 25.1 Å². The molecule has 3 amide bonds. The van der Waals surface area contributed by atoms with Crippen molar-refractivity contribution in [1.29, 1.82) is 0 Å². The molecule has 5 rings (SSSR count). The maximum Gasteiger partial charge on any atom is 0.469 e. The predicted octanol–water partition coefficient (Wildman–Crippen LogP) is 5.53. The number of carbonyl (C=O) groups excluding carboxylic acids is 3. The highest BCUT2D eigenvalue weighted by Gasteiger charge is 2.26. The number of unbranched alkanes of at least 4 members (excludes halogenated alkanes) is 1. The minimum atomic E-state index is -4.61. The SMILES string of the molecule is Cc1[nH]c(/C=C2\C(=O)Nc3ccc(F)cc32)c(C)c1CCC(=O)N[C@@H](CC(=O)NCCCCC(CO)COP(=O)(O)O)Cc1csc2ccccc12. The molecule has 0 aliphatic carbocycles. The Kier molecular flexibility index (Phi) is 13.2. The van der Waals surface area contributed by atoms with Crippen LogP contribution in [-0.4, -0.2) is 63.4 Å². The number of anilines is 1. The number of H-pyrrole nitrogens is 1. The van der Waals surface area contributed by atoms with Gasteiger partial charge in [0, 0.05) is 65.3 Å². The summed E-state index contributed by atoms with van der Waals surface area (Å²) in [6, 6.07) is 11.7. The molecule has 0 spiro atoms. The van der Waals surface area contributed by atoms with E-state index >= 15 is 0 Å². The molecule has 0 saturated heterocycles. The first-order valence-corrected chi connectivity index (χ1v) is 19.6. The molecule has 4 aromatic rings. The summed E-state index contributed by atoms with van der Waals surface area (Å²) < 4.78 is 30.5. The molecule has 0 bridgehead atoms. The number of aromatic nitrogens is 1. The van der Waals surface area contributed by atoms with Crippen molar-refractivity contribution in [3.05, 3.63) is 87.3 Å². The van der Waals surface area contributed by atoms with Crippen molar-refractivity contribution < 1.29 is 42.8 Å². The van der Waals surface area contributed by atoms with Gasteiger partial charge in [-0.25, -0.2) is 8.96 Å². The first-order valence-electron chi connectivity index (χ1n) is 17.1. The monoisotopic (exact) mass is 754 g/mol. The summed E-state index contributed by atoms with van der Waals surface area (Å²) in [7, 11) is -4.61. The number of aryl methyl sites for hydroxylation is 1. The minimum Gasteiger partial charge on any atom is -0.396 e. The zero-order chi connectivity index (χ0) is 37.4. The normalized spacial score (nSPS) is 14.7. The van der Waals surface area contributed by atoms with Gasteiger partial charge in [0.2, 0.25) is 11.8 Å². The van der Waals surface area contributed by atoms with Crippen LogP contribution in [0.15, 0.2) is 47.8 Å². The molecule has 12 nitrogen and oxygen atoms in total. The van der Waals surface area contributed by atoms with E-state index in [1.54, 1.807) is 17.4 Å². The van der Waals surface area contributed by atoms with Gasteiger partial charge in [0.15, 0.2) is 0 Å². The molecule has 0 radical (unpaired) electrons. The number of thiophene rings is 1. The molecule has 2 aromatic carbocycles. The second-order valence-corrected chi connectivity index (χ2v) is 15.2. The maximum atomic E-state index is 14.0. The molecule has 15 heteroatoms. The van der Waals surface area contributed by atoms with Gasteiger partial charge < -0.3 is 35.8 Å². The second kappa shape index (κ2) is 17.6. The van der Waals surface area contributed by atoms with Crippen molar-refractivity contribution in [2.45, 2.75) is 64.8 Å². The Morgan fingerprint density at radius 2 is 1.90 bits per heavy atom. The van der Waals surface area contributed by atoms with Gasteiger partial charge in [-0.2, -0.15) is 0 Å². The molecule has 2 aromatic heterocycles. The largest absolute Gasteiger partial charge is 0.469 e. The Bertz CT molecular complexity index is 2000. The Balaban J connectivity index is 1.19. The molecule has 0 saturated carbocycles. The van der Waals surface area contributed by atoms with Crippen molar-refractivity contribution in [2.24, 2.45) is 5.92 Å². The van der Waals surface area contributed by atoms with E-state index in [1.807, 2.05) is 38.1 Å². The van der Waals surface area contributed by atoms with Crippen molar-refractivity contribution in [1.82, 2.24) is 15.6 Å². The van der Waals surface area contributed by atoms with Gasteiger partial charge in [-0.1, -0.05) is 24.6 Å². The number of benzene rings is 2. The van der Waals surface area contributed by atoms with E-state index in [4.69, 9.17) is 9.79 Å². The van der Waals surface area contributed by atoms with Gasteiger partial charge in [-0.15, -0.1) is 11.3 Å². The molecule has 278 valence electrons. The van der Waals surface area contributed by atoms with Crippen molar-refractivity contribution in [3.63, 3.8) is 0 Å². The van der Waals surface area contributed by atoms with Crippen molar-refractivity contribution >= 4 is 64.3 Å². The molecule has 1 unspecified atom stereocenters. The number of phosphoric acid groups is 1. The quantitative estimate of drug-likeness (QED) is 0.0392. The van der Waals surface area contributed by atoms with Crippen LogP contribution >= 0.6 is 19.2 Å². The van der Waals surface area contributed by atoms with E-state index in [-0.39, 0.29) is 43.8 Å².